The molecule has 128 valence electrons. The fourth-order valence-corrected chi connectivity index (χ4v) is 2.62. The smallest absolute Gasteiger partial charge is 0.270 e. The lowest BCUT2D eigenvalue weighted by atomic mass is 10.0. The van der Waals surface area contributed by atoms with E-state index >= 15 is 0 Å². The molecular formula is C19H21N5O. The summed E-state index contributed by atoms with van der Waals surface area (Å²) in [5, 5.41) is 3.04. The molecule has 0 aliphatic rings. The van der Waals surface area contributed by atoms with Crippen molar-refractivity contribution < 1.29 is 4.79 Å². The number of imidazole rings is 1. The Kier molecular flexibility index (Phi) is 4.79. The standard InChI is InChI=1S/C19H21N5O/c1-23(2)15-9-7-14(8-10-15)17(18-21-12-13-24(18)3)22-19(25)16-6-4-5-11-20-16/h4-13,17H,1-3H3,(H,22,25). The van der Waals surface area contributed by atoms with Gasteiger partial charge in [-0.1, -0.05) is 18.2 Å². The van der Waals surface area contributed by atoms with Crippen LogP contribution in [0.4, 0.5) is 5.69 Å². The quantitative estimate of drug-likeness (QED) is 0.778. The molecule has 0 saturated carbocycles. The van der Waals surface area contributed by atoms with Crippen LogP contribution >= 0.6 is 0 Å². The average Bonchev–Trinajstić information content (AvgIpc) is 3.06. The van der Waals surface area contributed by atoms with Crippen molar-refractivity contribution >= 4 is 11.6 Å². The molecule has 2 heterocycles. The fourth-order valence-electron chi connectivity index (χ4n) is 2.62. The minimum Gasteiger partial charge on any atom is -0.378 e. The van der Waals surface area contributed by atoms with Crippen LogP contribution in [-0.2, 0) is 7.05 Å². The van der Waals surface area contributed by atoms with Crippen LogP contribution in [0.1, 0.15) is 27.9 Å². The summed E-state index contributed by atoms with van der Waals surface area (Å²) >= 11 is 0. The lowest BCUT2D eigenvalue weighted by molar-refractivity contribution is 0.0936. The normalized spacial score (nSPS) is 11.8. The third-order valence-corrected chi connectivity index (χ3v) is 4.03. The summed E-state index contributed by atoms with van der Waals surface area (Å²) < 4.78 is 1.91. The van der Waals surface area contributed by atoms with Gasteiger partial charge in [-0.2, -0.15) is 0 Å². The van der Waals surface area contributed by atoms with Crippen molar-refractivity contribution in [1.29, 1.82) is 0 Å². The van der Waals surface area contributed by atoms with Crippen LogP contribution < -0.4 is 10.2 Å². The molecule has 1 aromatic carbocycles. The Bertz CT molecular complexity index is 840. The van der Waals surface area contributed by atoms with Crippen LogP contribution in [0, 0.1) is 0 Å². The summed E-state index contributed by atoms with van der Waals surface area (Å²) in [5.41, 5.74) is 2.44. The first kappa shape index (κ1) is 16.7. The Hall–Kier alpha value is -3.15. The number of hydrogen-bond donors (Lipinski definition) is 1. The number of nitrogens with zero attached hydrogens (tertiary/aromatic N) is 4. The highest BCUT2D eigenvalue weighted by Gasteiger charge is 2.22. The van der Waals surface area contributed by atoms with E-state index in [1.54, 1.807) is 30.6 Å². The maximum Gasteiger partial charge on any atom is 0.270 e. The lowest BCUT2D eigenvalue weighted by Gasteiger charge is -2.20. The van der Waals surface area contributed by atoms with E-state index in [2.05, 4.69) is 15.3 Å². The molecule has 1 amide bonds. The number of carbonyl (C=O) groups excluding carboxylic acids is 1. The second-order valence-electron chi connectivity index (χ2n) is 6.00. The highest BCUT2D eigenvalue weighted by atomic mass is 16.1. The summed E-state index contributed by atoms with van der Waals surface area (Å²) in [6.07, 6.45) is 5.20. The molecule has 25 heavy (non-hydrogen) atoms. The topological polar surface area (TPSA) is 63.1 Å². The number of amides is 1. The van der Waals surface area contributed by atoms with Gasteiger partial charge in [0, 0.05) is 45.4 Å². The Labute approximate surface area is 147 Å². The molecule has 1 unspecified atom stereocenters. The van der Waals surface area contributed by atoms with E-state index < -0.39 is 0 Å². The lowest BCUT2D eigenvalue weighted by Crippen LogP contribution is -2.31. The minimum absolute atomic E-state index is 0.231. The van der Waals surface area contributed by atoms with E-state index in [9.17, 15) is 4.79 Å². The molecular weight excluding hydrogens is 314 g/mol. The average molecular weight is 335 g/mol. The zero-order chi connectivity index (χ0) is 17.8. The van der Waals surface area contributed by atoms with Gasteiger partial charge in [-0.25, -0.2) is 4.98 Å². The third kappa shape index (κ3) is 3.68. The molecule has 0 bridgehead atoms. The Morgan fingerprint density at radius 3 is 2.40 bits per heavy atom. The molecule has 6 heteroatoms. The van der Waals surface area contributed by atoms with E-state index in [1.165, 1.54) is 0 Å². The molecule has 0 radical (unpaired) electrons. The van der Waals surface area contributed by atoms with Gasteiger partial charge in [-0.3, -0.25) is 9.78 Å². The van der Waals surface area contributed by atoms with Crippen LogP contribution in [0.15, 0.2) is 61.1 Å². The summed E-state index contributed by atoms with van der Waals surface area (Å²) in [5.74, 6) is 0.534. The van der Waals surface area contributed by atoms with Crippen molar-refractivity contribution in [3.63, 3.8) is 0 Å². The molecule has 0 saturated heterocycles. The highest BCUT2D eigenvalue weighted by molar-refractivity contribution is 5.92. The fraction of sp³-hybridized carbons (Fsp3) is 0.211. The molecule has 1 atom stereocenters. The summed E-state index contributed by atoms with van der Waals surface area (Å²) in [6.45, 7) is 0. The second kappa shape index (κ2) is 7.17. The maximum absolute atomic E-state index is 12.6. The maximum atomic E-state index is 12.6. The van der Waals surface area contributed by atoms with Gasteiger partial charge in [0.1, 0.15) is 17.6 Å². The number of anilines is 1. The molecule has 2 aromatic heterocycles. The Morgan fingerprint density at radius 2 is 1.84 bits per heavy atom. The zero-order valence-electron chi connectivity index (χ0n) is 14.5. The van der Waals surface area contributed by atoms with Crippen molar-refractivity contribution in [3.05, 3.63) is 78.1 Å². The van der Waals surface area contributed by atoms with Crippen LogP contribution in [0.2, 0.25) is 0 Å². The molecule has 1 N–H and O–H groups in total. The van der Waals surface area contributed by atoms with Gasteiger partial charge >= 0.3 is 0 Å². The van der Waals surface area contributed by atoms with Crippen molar-refractivity contribution in [2.24, 2.45) is 7.05 Å². The van der Waals surface area contributed by atoms with Gasteiger partial charge in [-0.15, -0.1) is 0 Å². The first-order valence-corrected chi connectivity index (χ1v) is 8.02. The minimum atomic E-state index is -0.356. The van der Waals surface area contributed by atoms with Crippen LogP contribution in [0.5, 0.6) is 0 Å². The molecule has 0 spiro atoms. The SMILES string of the molecule is CN(C)c1ccc(C(NC(=O)c2ccccn2)c2nccn2C)cc1. The number of pyridine rings is 1. The Balaban J connectivity index is 1.93. The van der Waals surface area contributed by atoms with Crippen LogP contribution in [0.25, 0.3) is 0 Å². The largest absolute Gasteiger partial charge is 0.378 e. The predicted molar refractivity (Wildman–Crippen MR) is 97.5 cm³/mol. The number of carbonyl (C=O) groups is 1. The number of nitrogens with one attached hydrogen (secondary N) is 1. The number of benzene rings is 1. The number of aromatic nitrogens is 3. The summed E-state index contributed by atoms with van der Waals surface area (Å²) in [7, 11) is 5.90. The first-order valence-electron chi connectivity index (χ1n) is 8.02. The molecule has 3 rings (SSSR count). The van der Waals surface area contributed by atoms with E-state index in [-0.39, 0.29) is 11.9 Å². The second-order valence-corrected chi connectivity index (χ2v) is 6.00. The molecule has 0 fully saturated rings. The van der Waals surface area contributed by atoms with Gasteiger partial charge in [0.15, 0.2) is 0 Å². The van der Waals surface area contributed by atoms with Gasteiger partial charge < -0.3 is 14.8 Å². The zero-order valence-corrected chi connectivity index (χ0v) is 14.5. The molecule has 0 aliphatic heterocycles. The van der Waals surface area contributed by atoms with E-state index in [0.717, 1.165) is 17.1 Å². The van der Waals surface area contributed by atoms with Crippen molar-refractivity contribution in [2.75, 3.05) is 19.0 Å². The number of rotatable bonds is 5. The number of aryl methyl sites for hydroxylation is 1. The third-order valence-electron chi connectivity index (χ3n) is 4.03. The van der Waals surface area contributed by atoms with Crippen molar-refractivity contribution in [3.8, 4) is 0 Å². The summed E-state index contributed by atoms with van der Waals surface area (Å²) in [4.78, 5) is 23.2. The van der Waals surface area contributed by atoms with E-state index in [0.29, 0.717) is 5.69 Å². The Morgan fingerprint density at radius 1 is 1.08 bits per heavy atom. The highest BCUT2D eigenvalue weighted by Crippen LogP contribution is 2.23. The van der Waals surface area contributed by atoms with Crippen LogP contribution in [-0.4, -0.2) is 34.5 Å². The molecule has 6 nitrogen and oxygen atoms in total. The molecule has 3 aromatic rings. The van der Waals surface area contributed by atoms with Gasteiger partial charge in [0.05, 0.1) is 0 Å². The summed E-state index contributed by atoms with van der Waals surface area (Å²) in [6, 6.07) is 13.0. The van der Waals surface area contributed by atoms with Gasteiger partial charge in [0.2, 0.25) is 0 Å². The monoisotopic (exact) mass is 335 g/mol. The van der Waals surface area contributed by atoms with Crippen molar-refractivity contribution in [1.82, 2.24) is 19.9 Å². The van der Waals surface area contributed by atoms with Gasteiger partial charge in [-0.05, 0) is 29.8 Å². The van der Waals surface area contributed by atoms with Gasteiger partial charge in [0.25, 0.3) is 5.91 Å². The van der Waals surface area contributed by atoms with E-state index in [4.69, 9.17) is 0 Å². The van der Waals surface area contributed by atoms with E-state index in [1.807, 2.05) is 61.1 Å². The van der Waals surface area contributed by atoms with Crippen molar-refractivity contribution in [2.45, 2.75) is 6.04 Å². The van der Waals surface area contributed by atoms with Crippen LogP contribution in [0.3, 0.4) is 0 Å². The molecule has 0 aliphatic carbocycles. The first-order chi connectivity index (χ1) is 12.1. The number of hydrogen-bond acceptors (Lipinski definition) is 4. The predicted octanol–water partition coefficient (Wildman–Crippen LogP) is 2.40.